The van der Waals surface area contributed by atoms with Crippen LogP contribution < -0.4 is 20.0 Å². The van der Waals surface area contributed by atoms with Gasteiger partial charge in [0.15, 0.2) is 0 Å². The Hall–Kier alpha value is -4.22. The Morgan fingerprint density at radius 3 is 2.38 bits per heavy atom. The van der Waals surface area contributed by atoms with E-state index in [2.05, 4.69) is 15.5 Å². The Balaban J connectivity index is 1.21. The molecule has 2 aliphatic heterocycles. The number of hydrogen-bond acceptors (Lipinski definition) is 8. The van der Waals surface area contributed by atoms with E-state index in [-0.39, 0.29) is 30.5 Å². The van der Waals surface area contributed by atoms with Gasteiger partial charge in [0.1, 0.15) is 17.7 Å². The maximum Gasteiger partial charge on any atom is 0.414 e. The molecule has 0 spiro atoms. The second kappa shape index (κ2) is 10.0. The van der Waals surface area contributed by atoms with Crippen LogP contribution in [-0.2, 0) is 9.53 Å². The van der Waals surface area contributed by atoms with Gasteiger partial charge in [0.05, 0.1) is 30.0 Å². The molecular weight excluding hydrogens is 486 g/mol. The summed E-state index contributed by atoms with van der Waals surface area (Å²) in [6.45, 7) is 5.66. The van der Waals surface area contributed by atoms with Gasteiger partial charge in [-0.3, -0.25) is 9.69 Å². The fourth-order valence-corrected chi connectivity index (χ4v) is 4.50. The fourth-order valence-electron chi connectivity index (χ4n) is 4.50. The highest BCUT2D eigenvalue weighted by molar-refractivity contribution is 5.90. The number of rotatable bonds is 6. The van der Waals surface area contributed by atoms with Crippen molar-refractivity contribution < 1.29 is 27.5 Å². The van der Waals surface area contributed by atoms with E-state index >= 15 is 4.39 Å². The number of nitrogens with zero attached hydrogens (tertiary/aromatic N) is 5. The molecule has 194 valence electrons. The average Bonchev–Trinajstić information content (AvgIpc) is 3.48. The van der Waals surface area contributed by atoms with Gasteiger partial charge in [0.2, 0.25) is 11.8 Å². The Morgan fingerprint density at radius 2 is 1.73 bits per heavy atom. The standard InChI is InChI=1S/C25H26F2N6O4/c1-15(34)28-13-19-14-33(25(35)37-19)18-4-6-23(22(27)12-18)32-9-7-31(8-10-32)17-3-5-20(21(26)11-17)24-30-29-16(2)36-24/h3-6,11-12,19H,7-10,13-14H2,1-2H3,(H,28,34). The summed E-state index contributed by atoms with van der Waals surface area (Å²) in [5.41, 5.74) is 1.78. The van der Waals surface area contributed by atoms with Crippen molar-refractivity contribution in [1.82, 2.24) is 15.5 Å². The van der Waals surface area contributed by atoms with Crippen molar-refractivity contribution in [2.24, 2.45) is 0 Å². The smallest absolute Gasteiger partial charge is 0.414 e. The lowest BCUT2D eigenvalue weighted by Crippen LogP contribution is -2.46. The van der Waals surface area contributed by atoms with Gasteiger partial charge in [-0.1, -0.05) is 0 Å². The van der Waals surface area contributed by atoms with Crippen LogP contribution in [0.2, 0.25) is 0 Å². The van der Waals surface area contributed by atoms with Gasteiger partial charge < -0.3 is 24.3 Å². The number of nitrogens with one attached hydrogen (secondary N) is 1. The Labute approximate surface area is 211 Å². The Morgan fingerprint density at radius 1 is 1.03 bits per heavy atom. The van der Waals surface area contributed by atoms with Gasteiger partial charge in [0, 0.05) is 45.7 Å². The number of ether oxygens (including phenoxy) is 1. The van der Waals surface area contributed by atoms with E-state index in [4.69, 9.17) is 9.15 Å². The molecule has 5 rings (SSSR count). The molecule has 2 saturated heterocycles. The summed E-state index contributed by atoms with van der Waals surface area (Å²) in [4.78, 5) is 28.6. The third-order valence-corrected chi connectivity index (χ3v) is 6.39. The van der Waals surface area contributed by atoms with E-state index in [9.17, 15) is 14.0 Å². The quantitative estimate of drug-likeness (QED) is 0.538. The molecule has 0 aliphatic carbocycles. The molecule has 0 bridgehead atoms. The zero-order valence-electron chi connectivity index (χ0n) is 20.4. The van der Waals surface area contributed by atoms with Crippen molar-refractivity contribution >= 4 is 29.1 Å². The van der Waals surface area contributed by atoms with Crippen molar-refractivity contribution in [2.75, 3.05) is 54.0 Å². The SMILES string of the molecule is CC(=O)NCC1CN(c2ccc(N3CCN(c4ccc(-c5nnc(C)o5)c(F)c4)CC3)c(F)c2)C(=O)O1. The molecule has 37 heavy (non-hydrogen) atoms. The van der Waals surface area contributed by atoms with Crippen LogP contribution in [0.4, 0.5) is 30.6 Å². The van der Waals surface area contributed by atoms with Crippen LogP contribution in [0.25, 0.3) is 11.5 Å². The van der Waals surface area contributed by atoms with Crippen molar-refractivity contribution in [2.45, 2.75) is 20.0 Å². The minimum absolute atomic E-state index is 0.135. The Bertz CT molecular complexity index is 1320. The van der Waals surface area contributed by atoms with Gasteiger partial charge in [-0.25, -0.2) is 13.6 Å². The van der Waals surface area contributed by atoms with Crippen LogP contribution in [0.1, 0.15) is 12.8 Å². The second-order valence-electron chi connectivity index (χ2n) is 8.95. The highest BCUT2D eigenvalue weighted by Gasteiger charge is 2.33. The van der Waals surface area contributed by atoms with Crippen LogP contribution in [-0.4, -0.2) is 67.6 Å². The number of hydrogen-bond donors (Lipinski definition) is 1. The number of carbonyl (C=O) groups is 2. The molecular formula is C25H26F2N6O4. The highest BCUT2D eigenvalue weighted by Crippen LogP contribution is 2.30. The molecule has 10 nitrogen and oxygen atoms in total. The largest absolute Gasteiger partial charge is 0.442 e. The molecule has 1 unspecified atom stereocenters. The lowest BCUT2D eigenvalue weighted by atomic mass is 10.1. The molecule has 12 heteroatoms. The van der Waals surface area contributed by atoms with Gasteiger partial charge >= 0.3 is 6.09 Å². The first kappa shape index (κ1) is 24.5. The number of carbonyl (C=O) groups excluding carboxylic acids is 2. The maximum absolute atomic E-state index is 15.1. The first-order valence-electron chi connectivity index (χ1n) is 11.9. The lowest BCUT2D eigenvalue weighted by Gasteiger charge is -2.37. The van der Waals surface area contributed by atoms with Crippen LogP contribution in [0.15, 0.2) is 40.8 Å². The second-order valence-corrected chi connectivity index (χ2v) is 8.95. The highest BCUT2D eigenvalue weighted by atomic mass is 19.1. The topological polar surface area (TPSA) is 104 Å². The molecule has 1 atom stereocenters. The number of aromatic nitrogens is 2. The van der Waals surface area contributed by atoms with Crippen LogP contribution >= 0.6 is 0 Å². The first-order valence-corrected chi connectivity index (χ1v) is 11.9. The zero-order chi connectivity index (χ0) is 26.1. The van der Waals surface area contributed by atoms with E-state index in [1.165, 1.54) is 24.0 Å². The van der Waals surface area contributed by atoms with Gasteiger partial charge in [0.25, 0.3) is 5.89 Å². The normalized spacial score (nSPS) is 17.8. The molecule has 1 N–H and O–H groups in total. The lowest BCUT2D eigenvalue weighted by molar-refractivity contribution is -0.119. The number of anilines is 3. The molecule has 1 aromatic heterocycles. The minimum Gasteiger partial charge on any atom is -0.442 e. The van der Waals surface area contributed by atoms with E-state index in [0.29, 0.717) is 49.1 Å². The predicted molar refractivity (Wildman–Crippen MR) is 132 cm³/mol. The maximum atomic E-state index is 15.1. The summed E-state index contributed by atoms with van der Waals surface area (Å²) in [7, 11) is 0. The summed E-state index contributed by atoms with van der Waals surface area (Å²) in [6, 6.07) is 9.50. The summed E-state index contributed by atoms with van der Waals surface area (Å²) < 4.78 is 40.4. The van der Waals surface area contributed by atoms with E-state index in [0.717, 1.165) is 0 Å². The minimum atomic E-state index is -0.580. The molecule has 2 fully saturated rings. The van der Waals surface area contributed by atoms with Gasteiger partial charge in [-0.2, -0.15) is 0 Å². The monoisotopic (exact) mass is 512 g/mol. The fraction of sp³-hybridized carbons (Fsp3) is 0.360. The molecule has 2 aromatic carbocycles. The predicted octanol–water partition coefficient (Wildman–Crippen LogP) is 3.11. The number of halogens is 2. The van der Waals surface area contributed by atoms with Gasteiger partial charge in [-0.05, 0) is 36.4 Å². The van der Waals surface area contributed by atoms with E-state index < -0.39 is 23.8 Å². The number of aryl methyl sites for hydroxylation is 1. The van der Waals surface area contributed by atoms with Crippen LogP contribution in [0, 0.1) is 18.6 Å². The first-order chi connectivity index (χ1) is 17.8. The molecule has 0 saturated carbocycles. The van der Waals surface area contributed by atoms with Gasteiger partial charge in [-0.15, -0.1) is 10.2 Å². The molecule has 2 aliphatic rings. The molecule has 3 heterocycles. The average molecular weight is 513 g/mol. The van der Waals surface area contributed by atoms with Crippen molar-refractivity contribution in [3.05, 3.63) is 53.9 Å². The molecule has 2 amide bonds. The third kappa shape index (κ3) is 5.18. The molecule has 3 aromatic rings. The van der Waals surface area contributed by atoms with E-state index in [1.807, 2.05) is 9.80 Å². The van der Waals surface area contributed by atoms with Crippen LogP contribution in [0.3, 0.4) is 0 Å². The van der Waals surface area contributed by atoms with E-state index in [1.54, 1.807) is 31.2 Å². The Kier molecular flexibility index (Phi) is 6.64. The third-order valence-electron chi connectivity index (χ3n) is 6.39. The number of benzene rings is 2. The molecule has 0 radical (unpaired) electrons. The summed E-state index contributed by atoms with van der Waals surface area (Å²) in [5, 5.41) is 10.2. The number of amides is 2. The summed E-state index contributed by atoms with van der Waals surface area (Å²) in [5.74, 6) is -0.623. The van der Waals surface area contributed by atoms with Crippen molar-refractivity contribution in [3.63, 3.8) is 0 Å². The number of cyclic esters (lactones) is 1. The zero-order valence-corrected chi connectivity index (χ0v) is 20.4. The van der Waals surface area contributed by atoms with Crippen LogP contribution in [0.5, 0.6) is 0 Å². The van der Waals surface area contributed by atoms with Crippen molar-refractivity contribution in [1.29, 1.82) is 0 Å². The number of piperazine rings is 1. The van der Waals surface area contributed by atoms with Crippen molar-refractivity contribution in [3.8, 4) is 11.5 Å². The summed E-state index contributed by atoms with van der Waals surface area (Å²) in [6.07, 6.45) is -1.08. The summed E-state index contributed by atoms with van der Waals surface area (Å²) >= 11 is 0.